The van der Waals surface area contributed by atoms with Gasteiger partial charge in [-0.3, -0.25) is 0 Å². The zero-order chi connectivity index (χ0) is 9.14. The van der Waals surface area contributed by atoms with Crippen LogP contribution < -0.4 is 0 Å². The second-order valence-electron chi connectivity index (χ2n) is 2.19. The van der Waals surface area contributed by atoms with E-state index < -0.39 is 11.9 Å². The smallest absolute Gasteiger partial charge is 0.335 e. The van der Waals surface area contributed by atoms with E-state index in [1.54, 1.807) is 0 Å². The number of benzene rings is 1. The maximum absolute atomic E-state index is 10.3. The first-order valence-corrected chi connectivity index (χ1v) is 3.18. The Morgan fingerprint density at radius 2 is 1.08 bits per heavy atom. The minimum atomic E-state index is -1.06. The van der Waals surface area contributed by atoms with Crippen LogP contribution in [0.4, 0.5) is 0 Å². The van der Waals surface area contributed by atoms with Crippen molar-refractivity contribution in [2.24, 2.45) is 0 Å². The van der Waals surface area contributed by atoms with E-state index in [-0.39, 0.29) is 35.0 Å². The minimum absolute atomic E-state index is 0. The summed E-state index contributed by atoms with van der Waals surface area (Å²) in [7, 11) is 0. The molecule has 4 radical (unpaired) electrons. The zero-order valence-electron chi connectivity index (χ0n) is 6.52. The first-order chi connectivity index (χ1) is 5.61. The van der Waals surface area contributed by atoms with Gasteiger partial charge in [-0.15, -0.1) is 0 Å². The van der Waals surface area contributed by atoms with Crippen LogP contribution in [0.2, 0.25) is 0 Å². The SMILES string of the molecule is O=C(O)c1ccc(C(=O)O)cc1.[Sn]. The van der Waals surface area contributed by atoms with Crippen LogP contribution in [0.25, 0.3) is 0 Å². The van der Waals surface area contributed by atoms with E-state index in [1.165, 1.54) is 24.3 Å². The minimum Gasteiger partial charge on any atom is -0.478 e. The van der Waals surface area contributed by atoms with Gasteiger partial charge in [0.15, 0.2) is 0 Å². The van der Waals surface area contributed by atoms with Gasteiger partial charge in [-0.05, 0) is 24.3 Å². The number of carbonyl (C=O) groups is 2. The predicted octanol–water partition coefficient (Wildman–Crippen LogP) is 0.702. The van der Waals surface area contributed by atoms with Crippen molar-refractivity contribution in [3.05, 3.63) is 35.4 Å². The van der Waals surface area contributed by atoms with Crippen molar-refractivity contribution in [2.45, 2.75) is 0 Å². The van der Waals surface area contributed by atoms with Crippen molar-refractivity contribution < 1.29 is 19.8 Å². The molecule has 0 spiro atoms. The molecule has 0 heterocycles. The molecule has 0 saturated heterocycles. The fraction of sp³-hybridized carbons (Fsp3) is 0. The van der Waals surface area contributed by atoms with Crippen LogP contribution >= 0.6 is 0 Å². The Morgan fingerprint density at radius 3 is 1.23 bits per heavy atom. The van der Waals surface area contributed by atoms with Crippen LogP contribution in [0.3, 0.4) is 0 Å². The molecule has 0 aliphatic heterocycles. The van der Waals surface area contributed by atoms with E-state index in [2.05, 4.69) is 0 Å². The third-order valence-electron chi connectivity index (χ3n) is 1.38. The summed E-state index contributed by atoms with van der Waals surface area (Å²) in [6.07, 6.45) is 0. The molecule has 4 nitrogen and oxygen atoms in total. The molecule has 0 saturated carbocycles. The van der Waals surface area contributed by atoms with Gasteiger partial charge >= 0.3 is 11.9 Å². The molecule has 1 aromatic carbocycles. The third kappa shape index (κ3) is 3.06. The molecule has 0 aromatic heterocycles. The van der Waals surface area contributed by atoms with E-state index in [0.717, 1.165) is 0 Å². The summed E-state index contributed by atoms with van der Waals surface area (Å²) in [5, 5.41) is 16.9. The fourth-order valence-corrected chi connectivity index (χ4v) is 0.755. The molecular weight excluding hydrogens is 279 g/mol. The van der Waals surface area contributed by atoms with Crippen molar-refractivity contribution in [2.75, 3.05) is 0 Å². The quantitative estimate of drug-likeness (QED) is 0.784. The summed E-state index contributed by atoms with van der Waals surface area (Å²) in [4.78, 5) is 20.7. The summed E-state index contributed by atoms with van der Waals surface area (Å²) >= 11 is 0. The van der Waals surface area contributed by atoms with Crippen molar-refractivity contribution >= 4 is 35.8 Å². The van der Waals surface area contributed by atoms with Gasteiger partial charge in [0, 0.05) is 23.9 Å². The van der Waals surface area contributed by atoms with Gasteiger partial charge in [-0.25, -0.2) is 9.59 Å². The number of carboxylic acid groups (broad SMARTS) is 2. The molecule has 0 amide bonds. The van der Waals surface area contributed by atoms with Crippen molar-refractivity contribution in [3.8, 4) is 0 Å². The second kappa shape index (κ2) is 4.86. The maximum atomic E-state index is 10.3. The molecule has 0 fully saturated rings. The van der Waals surface area contributed by atoms with Gasteiger partial charge in [-0.2, -0.15) is 0 Å². The van der Waals surface area contributed by atoms with Crippen LogP contribution in [-0.4, -0.2) is 46.1 Å². The van der Waals surface area contributed by atoms with Crippen molar-refractivity contribution in [1.29, 1.82) is 0 Å². The third-order valence-corrected chi connectivity index (χ3v) is 1.38. The first-order valence-electron chi connectivity index (χ1n) is 3.18. The van der Waals surface area contributed by atoms with Crippen LogP contribution in [-0.2, 0) is 0 Å². The Labute approximate surface area is 91.2 Å². The number of aromatic carboxylic acids is 2. The van der Waals surface area contributed by atoms with Crippen LogP contribution in [0.15, 0.2) is 24.3 Å². The van der Waals surface area contributed by atoms with E-state index in [4.69, 9.17) is 10.2 Å². The molecule has 0 bridgehead atoms. The van der Waals surface area contributed by atoms with Crippen LogP contribution in [0, 0.1) is 0 Å². The molecule has 0 atom stereocenters. The topological polar surface area (TPSA) is 74.6 Å². The molecule has 2 N–H and O–H groups in total. The molecule has 0 aliphatic rings. The summed E-state index contributed by atoms with van der Waals surface area (Å²) in [5.41, 5.74) is 0.167. The average Bonchev–Trinajstić information content (AvgIpc) is 2.04. The number of rotatable bonds is 2. The average molecular weight is 285 g/mol. The molecule has 66 valence electrons. The molecule has 1 rings (SSSR count). The Kier molecular flexibility index (Phi) is 4.47. The maximum Gasteiger partial charge on any atom is 0.335 e. The van der Waals surface area contributed by atoms with E-state index in [1.807, 2.05) is 0 Å². The Hall–Kier alpha value is -1.04. The first kappa shape index (κ1) is 12.0. The molecule has 0 aliphatic carbocycles. The molecule has 5 heteroatoms. The molecule has 13 heavy (non-hydrogen) atoms. The monoisotopic (exact) mass is 286 g/mol. The van der Waals surface area contributed by atoms with Crippen LogP contribution in [0.5, 0.6) is 0 Å². The van der Waals surface area contributed by atoms with E-state index in [0.29, 0.717) is 0 Å². The molecular formula is C8H6O4Sn. The normalized spacial score (nSPS) is 8.62. The summed E-state index contributed by atoms with van der Waals surface area (Å²) < 4.78 is 0. The van der Waals surface area contributed by atoms with E-state index in [9.17, 15) is 9.59 Å². The molecule has 1 aromatic rings. The Balaban J connectivity index is 0.00000144. The number of carboxylic acids is 2. The van der Waals surface area contributed by atoms with Gasteiger partial charge < -0.3 is 10.2 Å². The van der Waals surface area contributed by atoms with Crippen LogP contribution in [0.1, 0.15) is 20.7 Å². The van der Waals surface area contributed by atoms with E-state index >= 15 is 0 Å². The fourth-order valence-electron chi connectivity index (χ4n) is 0.755. The van der Waals surface area contributed by atoms with Gasteiger partial charge in [0.25, 0.3) is 0 Å². The Morgan fingerprint density at radius 1 is 0.846 bits per heavy atom. The summed E-state index contributed by atoms with van der Waals surface area (Å²) in [6.45, 7) is 0. The number of hydrogen-bond acceptors (Lipinski definition) is 2. The van der Waals surface area contributed by atoms with Gasteiger partial charge in [0.1, 0.15) is 0 Å². The Bertz CT molecular complexity index is 284. The van der Waals surface area contributed by atoms with Crippen molar-refractivity contribution in [3.63, 3.8) is 0 Å². The van der Waals surface area contributed by atoms with Crippen molar-refractivity contribution in [1.82, 2.24) is 0 Å². The standard InChI is InChI=1S/C8H6O4.Sn/c9-7(10)5-1-2-6(4-3-5)8(11)12;/h1-4H,(H,9,10)(H,11,12);. The second-order valence-corrected chi connectivity index (χ2v) is 2.19. The zero-order valence-corrected chi connectivity index (χ0v) is 9.37. The summed E-state index contributed by atoms with van der Waals surface area (Å²) in [6, 6.07) is 5.02. The van der Waals surface area contributed by atoms with Gasteiger partial charge in [0.2, 0.25) is 0 Å². The number of hydrogen-bond donors (Lipinski definition) is 2. The van der Waals surface area contributed by atoms with Gasteiger partial charge in [-0.1, -0.05) is 0 Å². The summed E-state index contributed by atoms with van der Waals surface area (Å²) in [5.74, 6) is -2.13. The van der Waals surface area contributed by atoms with Gasteiger partial charge in [0.05, 0.1) is 11.1 Å². The molecule has 0 unspecified atom stereocenters. The largest absolute Gasteiger partial charge is 0.478 e. The predicted molar refractivity (Wildman–Crippen MR) is 46.1 cm³/mol.